The van der Waals surface area contributed by atoms with Crippen LogP contribution in [0.5, 0.6) is 0 Å². The molecule has 0 saturated carbocycles. The van der Waals surface area contributed by atoms with Gasteiger partial charge in [0.15, 0.2) is 0 Å². The van der Waals surface area contributed by atoms with Crippen LogP contribution >= 0.6 is 39.5 Å². The van der Waals surface area contributed by atoms with Gasteiger partial charge in [-0.2, -0.15) is 23.5 Å². The van der Waals surface area contributed by atoms with Gasteiger partial charge in [-0.05, 0) is 40.0 Å². The first kappa shape index (κ1) is 17.6. The number of thioether (sulfide) groups is 2. The van der Waals surface area contributed by atoms with Crippen molar-refractivity contribution < 1.29 is 8.42 Å². The second-order valence-corrected chi connectivity index (χ2v) is 9.94. The van der Waals surface area contributed by atoms with Crippen molar-refractivity contribution in [3.8, 4) is 0 Å². The maximum absolute atomic E-state index is 12.5. The molecule has 1 fully saturated rings. The van der Waals surface area contributed by atoms with Crippen LogP contribution in [0.25, 0.3) is 0 Å². The Labute approximate surface area is 143 Å². The quantitative estimate of drug-likeness (QED) is 0.778. The minimum Gasteiger partial charge on any atom is -0.326 e. The third kappa shape index (κ3) is 4.62. The van der Waals surface area contributed by atoms with E-state index >= 15 is 0 Å². The highest BCUT2D eigenvalue weighted by molar-refractivity contribution is 9.10. The van der Waals surface area contributed by atoms with Gasteiger partial charge in [0.2, 0.25) is 10.0 Å². The lowest BCUT2D eigenvalue weighted by Crippen LogP contribution is -2.33. The highest BCUT2D eigenvalue weighted by atomic mass is 79.9. The van der Waals surface area contributed by atoms with Crippen molar-refractivity contribution in [2.24, 2.45) is 5.73 Å². The van der Waals surface area contributed by atoms with E-state index in [4.69, 9.17) is 5.73 Å². The molecule has 1 heterocycles. The first-order valence-corrected chi connectivity index (χ1v) is 11.1. The fourth-order valence-corrected chi connectivity index (χ4v) is 6.92. The van der Waals surface area contributed by atoms with Gasteiger partial charge in [0.05, 0.1) is 4.90 Å². The molecule has 1 unspecified atom stereocenters. The van der Waals surface area contributed by atoms with E-state index < -0.39 is 10.0 Å². The zero-order chi connectivity index (χ0) is 15.5. The number of aryl methyl sites for hydroxylation is 1. The van der Waals surface area contributed by atoms with Crippen molar-refractivity contribution >= 4 is 49.5 Å². The molecule has 4 nitrogen and oxygen atoms in total. The topological polar surface area (TPSA) is 72.2 Å². The molecule has 1 aromatic carbocycles. The van der Waals surface area contributed by atoms with Crippen molar-refractivity contribution in [3.63, 3.8) is 0 Å². The summed E-state index contributed by atoms with van der Waals surface area (Å²) in [5, 5.41) is 0.344. The molecule has 0 bridgehead atoms. The summed E-state index contributed by atoms with van der Waals surface area (Å²) in [4.78, 5) is 0.274. The van der Waals surface area contributed by atoms with Crippen LogP contribution in [0.1, 0.15) is 11.1 Å². The molecule has 0 spiro atoms. The minimum absolute atomic E-state index is 0.274. The van der Waals surface area contributed by atoms with Crippen molar-refractivity contribution in [1.29, 1.82) is 0 Å². The fraction of sp³-hybridized carbons (Fsp3) is 0.538. The van der Waals surface area contributed by atoms with E-state index in [0.29, 0.717) is 22.8 Å². The Kier molecular flexibility index (Phi) is 6.46. The van der Waals surface area contributed by atoms with Gasteiger partial charge in [0.25, 0.3) is 0 Å². The van der Waals surface area contributed by atoms with Gasteiger partial charge in [0, 0.05) is 40.1 Å². The van der Waals surface area contributed by atoms with Crippen LogP contribution in [0.3, 0.4) is 0 Å². The molecule has 0 amide bonds. The lowest BCUT2D eigenvalue weighted by Gasteiger charge is -2.21. The maximum atomic E-state index is 12.5. The molecular formula is C13H19BrN2O2S3. The fourth-order valence-electron chi connectivity index (χ4n) is 2.06. The van der Waals surface area contributed by atoms with Crippen LogP contribution in [0.2, 0.25) is 0 Å². The van der Waals surface area contributed by atoms with Crippen molar-refractivity contribution in [3.05, 3.63) is 27.7 Å². The summed E-state index contributed by atoms with van der Waals surface area (Å²) in [6.45, 7) is 2.67. The monoisotopic (exact) mass is 410 g/mol. The Morgan fingerprint density at radius 1 is 1.43 bits per heavy atom. The molecule has 21 heavy (non-hydrogen) atoms. The van der Waals surface area contributed by atoms with E-state index in [1.54, 1.807) is 6.07 Å². The van der Waals surface area contributed by atoms with E-state index in [-0.39, 0.29) is 4.90 Å². The van der Waals surface area contributed by atoms with E-state index in [2.05, 4.69) is 20.7 Å². The smallest absolute Gasteiger partial charge is 0.241 e. The summed E-state index contributed by atoms with van der Waals surface area (Å²) < 4.78 is 28.4. The number of benzene rings is 1. The van der Waals surface area contributed by atoms with Crippen LogP contribution in [-0.4, -0.2) is 37.5 Å². The predicted octanol–water partition coefficient (Wildman–Crippen LogP) is 2.34. The van der Waals surface area contributed by atoms with Crippen molar-refractivity contribution in [2.45, 2.75) is 23.6 Å². The first-order chi connectivity index (χ1) is 9.94. The molecule has 1 atom stereocenters. The number of hydrogen-bond donors (Lipinski definition) is 2. The van der Waals surface area contributed by atoms with Gasteiger partial charge in [-0.25, -0.2) is 13.1 Å². The lowest BCUT2D eigenvalue weighted by atomic mass is 10.1. The molecule has 1 aliphatic heterocycles. The Morgan fingerprint density at radius 2 is 2.19 bits per heavy atom. The molecule has 118 valence electrons. The number of sulfonamides is 1. The highest BCUT2D eigenvalue weighted by Crippen LogP contribution is 2.28. The number of halogens is 1. The average molecular weight is 411 g/mol. The predicted molar refractivity (Wildman–Crippen MR) is 95.5 cm³/mol. The standard InChI is InChI=1S/C13H19BrN2O2S3/c1-9-4-10(6-15)5-12(13(9)14)21(17,18)16-7-11-8-19-2-3-20-11/h4-5,11,16H,2-3,6-8,15H2,1H3. The molecule has 2 rings (SSSR count). The van der Waals surface area contributed by atoms with Gasteiger partial charge in [0.1, 0.15) is 0 Å². The van der Waals surface area contributed by atoms with Crippen LogP contribution in [-0.2, 0) is 16.6 Å². The molecule has 0 aromatic heterocycles. The Morgan fingerprint density at radius 3 is 2.81 bits per heavy atom. The molecule has 8 heteroatoms. The van der Waals surface area contributed by atoms with E-state index in [9.17, 15) is 8.42 Å². The van der Waals surface area contributed by atoms with Crippen LogP contribution in [0.15, 0.2) is 21.5 Å². The molecular weight excluding hydrogens is 392 g/mol. The zero-order valence-corrected chi connectivity index (χ0v) is 15.8. The summed E-state index contributed by atoms with van der Waals surface area (Å²) in [6.07, 6.45) is 0. The lowest BCUT2D eigenvalue weighted by molar-refractivity contribution is 0.581. The number of nitrogens with two attached hydrogens (primary N) is 1. The second kappa shape index (κ2) is 7.70. The van der Waals surface area contributed by atoms with Gasteiger partial charge >= 0.3 is 0 Å². The Bertz CT molecular complexity index is 602. The SMILES string of the molecule is Cc1cc(CN)cc(S(=O)(=O)NCC2CSCCS2)c1Br. The van der Waals surface area contributed by atoms with E-state index in [1.165, 1.54) is 0 Å². The Hall–Kier alpha value is 0.270. The van der Waals surface area contributed by atoms with E-state index in [1.807, 2.05) is 36.5 Å². The third-order valence-corrected chi connectivity index (χ3v) is 8.80. The van der Waals surface area contributed by atoms with Gasteiger partial charge in [-0.1, -0.05) is 6.07 Å². The molecule has 3 N–H and O–H groups in total. The first-order valence-electron chi connectivity index (χ1n) is 6.62. The van der Waals surface area contributed by atoms with Crippen LogP contribution in [0, 0.1) is 6.92 Å². The van der Waals surface area contributed by atoms with Crippen LogP contribution in [0.4, 0.5) is 0 Å². The normalized spacial score (nSPS) is 19.7. The summed E-state index contributed by atoms with van der Waals surface area (Å²) in [7, 11) is -3.52. The zero-order valence-electron chi connectivity index (χ0n) is 11.8. The number of nitrogens with one attached hydrogen (secondary N) is 1. The molecule has 0 radical (unpaired) electrons. The molecule has 1 aliphatic rings. The largest absolute Gasteiger partial charge is 0.326 e. The highest BCUT2D eigenvalue weighted by Gasteiger charge is 2.22. The maximum Gasteiger partial charge on any atom is 0.241 e. The summed E-state index contributed by atoms with van der Waals surface area (Å²) in [5.41, 5.74) is 7.33. The molecule has 0 aliphatic carbocycles. The van der Waals surface area contributed by atoms with E-state index in [0.717, 1.165) is 28.4 Å². The third-order valence-electron chi connectivity index (χ3n) is 3.19. The second-order valence-electron chi connectivity index (χ2n) is 4.85. The molecule has 1 saturated heterocycles. The summed E-state index contributed by atoms with van der Waals surface area (Å²) in [6, 6.07) is 3.54. The Balaban J connectivity index is 2.16. The molecule has 1 aromatic rings. The van der Waals surface area contributed by atoms with Gasteiger partial charge in [-0.15, -0.1) is 0 Å². The van der Waals surface area contributed by atoms with Crippen LogP contribution < -0.4 is 10.5 Å². The average Bonchev–Trinajstić information content (AvgIpc) is 2.48. The summed E-state index contributed by atoms with van der Waals surface area (Å²) >= 11 is 7.09. The van der Waals surface area contributed by atoms with Gasteiger partial charge in [-0.3, -0.25) is 0 Å². The minimum atomic E-state index is -3.52. The van der Waals surface area contributed by atoms with Crippen molar-refractivity contribution in [2.75, 3.05) is 23.8 Å². The number of rotatable bonds is 5. The number of hydrogen-bond acceptors (Lipinski definition) is 5. The summed E-state index contributed by atoms with van der Waals surface area (Å²) in [5.74, 6) is 3.23. The van der Waals surface area contributed by atoms with Crippen molar-refractivity contribution in [1.82, 2.24) is 4.72 Å². The van der Waals surface area contributed by atoms with Gasteiger partial charge < -0.3 is 5.73 Å².